The highest BCUT2D eigenvalue weighted by Crippen LogP contribution is 2.29. The molecule has 1 aliphatic heterocycles. The van der Waals surface area contributed by atoms with Crippen LogP contribution in [0.3, 0.4) is 0 Å². The van der Waals surface area contributed by atoms with Crippen molar-refractivity contribution < 1.29 is 22.7 Å². The summed E-state index contributed by atoms with van der Waals surface area (Å²) in [5.74, 6) is 0. The van der Waals surface area contributed by atoms with E-state index in [4.69, 9.17) is 4.74 Å². The summed E-state index contributed by atoms with van der Waals surface area (Å²) < 4.78 is 43.4. The number of ether oxygens (including phenoxy) is 1. The summed E-state index contributed by atoms with van der Waals surface area (Å²) in [7, 11) is 0. The predicted octanol–water partition coefficient (Wildman–Crippen LogP) is 3.43. The van der Waals surface area contributed by atoms with E-state index in [0.29, 0.717) is 19.5 Å². The van der Waals surface area contributed by atoms with Gasteiger partial charge >= 0.3 is 12.2 Å². The van der Waals surface area contributed by atoms with E-state index in [-0.39, 0.29) is 23.8 Å². The Bertz CT molecular complexity index is 637. The third-order valence-corrected chi connectivity index (χ3v) is 4.94. The Labute approximate surface area is 164 Å². The molecular weight excluding hydrogens is 371 g/mol. The molecule has 2 amide bonds. The lowest BCUT2D eigenvalue weighted by Gasteiger charge is -2.45. The number of urea groups is 1. The van der Waals surface area contributed by atoms with Crippen LogP contribution in [0.2, 0.25) is 0 Å². The van der Waals surface area contributed by atoms with Crippen molar-refractivity contribution in [3.05, 3.63) is 35.4 Å². The standard InChI is InChI=1S/C20H30F3N3O2/c1-14-11-26(12-15(2)28-14)19(3,4)13-25-18(27)24-10-9-16-5-7-17(8-6-16)20(21,22)23/h5-8,14-15H,9-13H2,1-4H3,(H2,24,25,27)/t14-,15-/m1/s1. The molecular formula is C20H30F3N3O2. The third kappa shape index (κ3) is 6.67. The number of carbonyl (C=O) groups is 1. The van der Waals surface area contributed by atoms with E-state index in [0.717, 1.165) is 30.8 Å². The van der Waals surface area contributed by atoms with Crippen molar-refractivity contribution in [2.45, 2.75) is 58.0 Å². The summed E-state index contributed by atoms with van der Waals surface area (Å²) >= 11 is 0. The Morgan fingerprint density at radius 3 is 2.21 bits per heavy atom. The topological polar surface area (TPSA) is 53.6 Å². The molecule has 1 aromatic carbocycles. The van der Waals surface area contributed by atoms with Gasteiger partial charge in [0, 0.05) is 31.7 Å². The van der Waals surface area contributed by atoms with Crippen LogP contribution in [0.1, 0.15) is 38.8 Å². The second-order valence-corrected chi connectivity index (χ2v) is 8.03. The first-order valence-electron chi connectivity index (χ1n) is 9.56. The largest absolute Gasteiger partial charge is 0.416 e. The first-order chi connectivity index (χ1) is 13.0. The number of amides is 2. The van der Waals surface area contributed by atoms with Crippen molar-refractivity contribution >= 4 is 6.03 Å². The number of nitrogens with zero attached hydrogens (tertiary/aromatic N) is 1. The molecule has 0 radical (unpaired) electrons. The van der Waals surface area contributed by atoms with E-state index in [1.165, 1.54) is 12.1 Å². The maximum atomic E-state index is 12.6. The average Bonchev–Trinajstić information content (AvgIpc) is 2.59. The molecule has 0 bridgehead atoms. The van der Waals surface area contributed by atoms with E-state index in [1.54, 1.807) is 0 Å². The third-order valence-electron chi connectivity index (χ3n) is 4.94. The van der Waals surface area contributed by atoms with Gasteiger partial charge in [0.25, 0.3) is 0 Å². The molecule has 1 fully saturated rings. The van der Waals surface area contributed by atoms with E-state index >= 15 is 0 Å². The molecule has 2 atom stereocenters. The molecule has 158 valence electrons. The number of carbonyl (C=O) groups excluding carboxylic acids is 1. The van der Waals surface area contributed by atoms with Gasteiger partial charge in [-0.15, -0.1) is 0 Å². The Hall–Kier alpha value is -1.80. The van der Waals surface area contributed by atoms with Gasteiger partial charge in [0.1, 0.15) is 0 Å². The summed E-state index contributed by atoms with van der Waals surface area (Å²) in [4.78, 5) is 14.4. The fourth-order valence-electron chi connectivity index (χ4n) is 3.32. The molecule has 1 heterocycles. The smallest absolute Gasteiger partial charge is 0.373 e. The summed E-state index contributed by atoms with van der Waals surface area (Å²) in [6, 6.07) is 4.71. The Morgan fingerprint density at radius 1 is 1.11 bits per heavy atom. The Balaban J connectivity index is 1.73. The molecule has 0 unspecified atom stereocenters. The number of benzene rings is 1. The van der Waals surface area contributed by atoms with Gasteiger partial charge in [-0.3, -0.25) is 4.90 Å². The molecule has 5 nitrogen and oxygen atoms in total. The SMILES string of the molecule is C[C@@H]1CN(C(C)(C)CNC(=O)NCCc2ccc(C(F)(F)F)cc2)C[C@@H](C)O1. The molecule has 0 aliphatic carbocycles. The number of alkyl halides is 3. The van der Waals surface area contributed by atoms with Crippen LogP contribution in [0.15, 0.2) is 24.3 Å². The fourth-order valence-corrected chi connectivity index (χ4v) is 3.32. The number of halogens is 3. The van der Waals surface area contributed by atoms with Crippen LogP contribution in [0.4, 0.5) is 18.0 Å². The lowest BCUT2D eigenvalue weighted by Crippen LogP contribution is -2.59. The van der Waals surface area contributed by atoms with Crippen LogP contribution in [0.5, 0.6) is 0 Å². The normalized spacial score (nSPS) is 21.4. The second kappa shape index (κ2) is 9.13. The number of hydrogen-bond acceptors (Lipinski definition) is 3. The minimum Gasteiger partial charge on any atom is -0.373 e. The summed E-state index contributed by atoms with van der Waals surface area (Å²) in [6.07, 6.45) is -3.56. The molecule has 1 aromatic rings. The van der Waals surface area contributed by atoms with E-state index < -0.39 is 11.7 Å². The maximum Gasteiger partial charge on any atom is 0.416 e. The zero-order valence-corrected chi connectivity index (χ0v) is 16.9. The Kier molecular flexibility index (Phi) is 7.33. The molecule has 8 heteroatoms. The minimum atomic E-state index is -4.33. The van der Waals surface area contributed by atoms with Crippen molar-refractivity contribution in [2.75, 3.05) is 26.2 Å². The highest BCUT2D eigenvalue weighted by molar-refractivity contribution is 5.73. The molecule has 0 aromatic heterocycles. The monoisotopic (exact) mass is 401 g/mol. The van der Waals surface area contributed by atoms with E-state index in [9.17, 15) is 18.0 Å². The first kappa shape index (κ1) is 22.5. The van der Waals surface area contributed by atoms with Crippen molar-refractivity contribution in [3.8, 4) is 0 Å². The number of rotatable bonds is 6. The van der Waals surface area contributed by atoms with E-state index in [2.05, 4.69) is 29.4 Å². The van der Waals surface area contributed by atoms with Crippen LogP contribution in [-0.2, 0) is 17.3 Å². The lowest BCUT2D eigenvalue weighted by atomic mass is 10.00. The zero-order valence-electron chi connectivity index (χ0n) is 16.9. The first-order valence-corrected chi connectivity index (χ1v) is 9.56. The van der Waals surface area contributed by atoms with Crippen molar-refractivity contribution in [1.29, 1.82) is 0 Å². The fraction of sp³-hybridized carbons (Fsp3) is 0.650. The maximum absolute atomic E-state index is 12.6. The lowest BCUT2D eigenvalue weighted by molar-refractivity contribution is -0.137. The summed E-state index contributed by atoms with van der Waals surface area (Å²) in [5, 5.41) is 5.64. The Morgan fingerprint density at radius 2 is 1.68 bits per heavy atom. The van der Waals surface area contributed by atoms with E-state index in [1.807, 2.05) is 13.8 Å². The van der Waals surface area contributed by atoms with Gasteiger partial charge in [-0.2, -0.15) is 13.2 Å². The molecule has 28 heavy (non-hydrogen) atoms. The van der Waals surface area contributed by atoms with Crippen molar-refractivity contribution in [3.63, 3.8) is 0 Å². The van der Waals surface area contributed by atoms with Gasteiger partial charge in [0.05, 0.1) is 17.8 Å². The van der Waals surface area contributed by atoms with Gasteiger partial charge in [-0.1, -0.05) is 12.1 Å². The van der Waals surface area contributed by atoms with Gasteiger partial charge in [-0.05, 0) is 51.8 Å². The van der Waals surface area contributed by atoms with Crippen LogP contribution in [0.25, 0.3) is 0 Å². The van der Waals surface area contributed by atoms with Crippen LogP contribution >= 0.6 is 0 Å². The van der Waals surface area contributed by atoms with Crippen molar-refractivity contribution in [2.24, 2.45) is 0 Å². The molecule has 1 saturated heterocycles. The summed E-state index contributed by atoms with van der Waals surface area (Å²) in [5.41, 5.74) is -0.141. The van der Waals surface area contributed by atoms with Gasteiger partial charge in [-0.25, -0.2) is 4.79 Å². The summed E-state index contributed by atoms with van der Waals surface area (Å²) in [6.45, 7) is 10.7. The van der Waals surface area contributed by atoms with Crippen LogP contribution in [0, 0.1) is 0 Å². The number of morpholine rings is 1. The van der Waals surface area contributed by atoms with Gasteiger partial charge < -0.3 is 15.4 Å². The van der Waals surface area contributed by atoms with Crippen molar-refractivity contribution in [1.82, 2.24) is 15.5 Å². The predicted molar refractivity (Wildman–Crippen MR) is 102 cm³/mol. The molecule has 2 N–H and O–H groups in total. The average molecular weight is 401 g/mol. The quantitative estimate of drug-likeness (QED) is 0.768. The highest BCUT2D eigenvalue weighted by atomic mass is 19.4. The number of nitrogens with one attached hydrogen (secondary N) is 2. The minimum absolute atomic E-state index is 0.153. The zero-order chi connectivity index (χ0) is 20.9. The molecule has 1 aliphatic rings. The number of hydrogen-bond donors (Lipinski definition) is 2. The van der Waals surface area contributed by atoms with Gasteiger partial charge in [0.15, 0.2) is 0 Å². The highest BCUT2D eigenvalue weighted by Gasteiger charge is 2.33. The van der Waals surface area contributed by atoms with Crippen LogP contribution < -0.4 is 10.6 Å². The van der Waals surface area contributed by atoms with Crippen LogP contribution in [-0.4, -0.2) is 54.9 Å². The molecule has 0 saturated carbocycles. The second-order valence-electron chi connectivity index (χ2n) is 8.03. The molecule has 2 rings (SSSR count). The molecule has 0 spiro atoms. The van der Waals surface area contributed by atoms with Gasteiger partial charge in [0.2, 0.25) is 0 Å².